The molecule has 0 aliphatic rings. The van der Waals surface area contributed by atoms with Gasteiger partial charge in [-0.1, -0.05) is 56.5 Å². The molecule has 0 heterocycles. The fourth-order valence-corrected chi connectivity index (χ4v) is 9.30. The summed E-state index contributed by atoms with van der Waals surface area (Å²) in [6, 6.07) is 7.99. The average Bonchev–Trinajstić information content (AvgIpc) is 2.14. The molecule has 0 saturated heterocycles. The molecule has 0 nitrogen and oxygen atoms in total. The highest BCUT2D eigenvalue weighted by molar-refractivity contribution is 7.41. The van der Waals surface area contributed by atoms with Crippen LogP contribution in [0.1, 0.15) is 10.6 Å². The van der Waals surface area contributed by atoms with Gasteiger partial charge in [0.1, 0.15) is 0 Å². The predicted molar refractivity (Wildman–Crippen MR) is 80.9 cm³/mol. The second-order valence-electron chi connectivity index (χ2n) is 5.89. The molecule has 1 aromatic rings. The summed E-state index contributed by atoms with van der Waals surface area (Å²) in [4.78, 5) is 0. The molecule has 90 valence electrons. The molecule has 4 heteroatoms. The highest BCUT2D eigenvalue weighted by Crippen LogP contribution is 2.37. The number of halogens is 2. The fourth-order valence-electron chi connectivity index (χ4n) is 1.46. The van der Waals surface area contributed by atoms with Crippen molar-refractivity contribution in [3.8, 4) is 0 Å². The number of hydrogen-bond acceptors (Lipinski definition) is 0. The average molecular weight is 291 g/mol. The minimum Gasteiger partial charge on any atom is -0.122 e. The maximum Gasteiger partial charge on any atom is 0.0671 e. The van der Waals surface area contributed by atoms with Gasteiger partial charge >= 0.3 is 0 Å². The van der Waals surface area contributed by atoms with Crippen molar-refractivity contribution in [2.45, 2.75) is 37.7 Å². The molecule has 16 heavy (non-hydrogen) atoms. The van der Waals surface area contributed by atoms with E-state index >= 15 is 0 Å². The van der Waals surface area contributed by atoms with Gasteiger partial charge < -0.3 is 0 Å². The highest BCUT2D eigenvalue weighted by Gasteiger charge is 2.43. The van der Waals surface area contributed by atoms with Crippen molar-refractivity contribution < 1.29 is 0 Å². The van der Waals surface area contributed by atoms with Crippen LogP contribution >= 0.6 is 23.2 Å². The van der Waals surface area contributed by atoms with Crippen molar-refractivity contribution in [1.82, 2.24) is 0 Å². The first-order chi connectivity index (χ1) is 7.16. The van der Waals surface area contributed by atoms with E-state index in [4.69, 9.17) is 23.2 Å². The lowest BCUT2D eigenvalue weighted by atomic mass is 10.2. The highest BCUT2D eigenvalue weighted by atomic mass is 35.5. The van der Waals surface area contributed by atoms with Gasteiger partial charge in [0.15, 0.2) is 0 Å². The Morgan fingerprint density at radius 3 is 2.06 bits per heavy atom. The topological polar surface area (TPSA) is 0 Å². The zero-order valence-electron chi connectivity index (χ0n) is 10.6. The van der Waals surface area contributed by atoms with Crippen molar-refractivity contribution in [2.24, 2.45) is 0 Å². The molecule has 1 unspecified atom stereocenters. The third kappa shape index (κ3) is 2.92. The minimum atomic E-state index is -1.43. The van der Waals surface area contributed by atoms with Gasteiger partial charge in [-0.15, -0.1) is 11.6 Å². The zero-order chi connectivity index (χ0) is 12.6. The Morgan fingerprint density at radius 1 is 1.06 bits per heavy atom. The first-order valence-corrected chi connectivity index (χ1v) is 13.9. The molecular formula is C12H20Cl2Si2. The molecule has 1 rings (SSSR count). The van der Waals surface area contributed by atoms with Crippen molar-refractivity contribution in [2.75, 3.05) is 0 Å². The van der Waals surface area contributed by atoms with E-state index in [0.29, 0.717) is 0 Å². The Morgan fingerprint density at radius 2 is 1.62 bits per heavy atom. The van der Waals surface area contributed by atoms with Crippen LogP contribution in [0.2, 0.25) is 37.8 Å². The Hall–Kier alpha value is 0.234. The van der Waals surface area contributed by atoms with Crippen LogP contribution in [0.5, 0.6) is 0 Å². The maximum absolute atomic E-state index is 6.69. The zero-order valence-corrected chi connectivity index (χ0v) is 14.2. The van der Waals surface area contributed by atoms with Gasteiger partial charge in [-0.05, 0) is 17.7 Å². The van der Waals surface area contributed by atoms with Crippen LogP contribution in [0.15, 0.2) is 24.3 Å². The van der Waals surface area contributed by atoms with E-state index in [2.05, 4.69) is 38.8 Å². The van der Waals surface area contributed by atoms with Crippen LogP contribution in [-0.2, 0) is 0 Å². The second-order valence-corrected chi connectivity index (χ2v) is 24.0. The Kier molecular flexibility index (Phi) is 4.33. The summed E-state index contributed by atoms with van der Waals surface area (Å²) in [6.45, 7) is 12.0. The smallest absolute Gasteiger partial charge is 0.0671 e. The van der Waals surface area contributed by atoms with E-state index in [1.54, 1.807) is 0 Å². The molecule has 0 radical (unpaired) electrons. The van der Waals surface area contributed by atoms with Crippen LogP contribution in [0.25, 0.3) is 0 Å². The van der Waals surface area contributed by atoms with E-state index in [1.807, 2.05) is 18.2 Å². The molecule has 1 aromatic carbocycles. The normalized spacial score (nSPS) is 14.9. The lowest BCUT2D eigenvalue weighted by Gasteiger charge is -2.39. The Labute approximate surface area is 111 Å². The molecule has 0 aromatic heterocycles. The minimum absolute atomic E-state index is 0.165. The number of benzene rings is 1. The van der Waals surface area contributed by atoms with E-state index in [9.17, 15) is 0 Å². The van der Waals surface area contributed by atoms with Gasteiger partial charge in [0.05, 0.1) is 7.59 Å². The molecule has 0 N–H and O–H groups in total. The summed E-state index contributed by atoms with van der Waals surface area (Å²) >= 11 is 12.7. The molecule has 0 saturated carbocycles. The van der Waals surface area contributed by atoms with Gasteiger partial charge in [0.2, 0.25) is 0 Å². The van der Waals surface area contributed by atoms with Gasteiger partial charge in [-0.2, -0.15) is 0 Å². The fraction of sp³-hybridized carbons (Fsp3) is 0.500. The lowest BCUT2D eigenvalue weighted by Crippen LogP contribution is -2.55. The predicted octanol–water partition coefficient (Wildman–Crippen LogP) is 5.28. The largest absolute Gasteiger partial charge is 0.122 e. The molecule has 0 fully saturated rings. The van der Waals surface area contributed by atoms with E-state index in [0.717, 1.165) is 5.02 Å². The molecule has 0 aliphatic carbocycles. The quantitative estimate of drug-likeness (QED) is 0.525. The Balaban J connectivity index is 3.07. The van der Waals surface area contributed by atoms with Crippen molar-refractivity contribution in [3.05, 3.63) is 34.9 Å². The molecule has 0 amide bonds. The Bertz CT molecular complexity index is 370. The van der Waals surface area contributed by atoms with Crippen molar-refractivity contribution in [1.29, 1.82) is 0 Å². The second kappa shape index (κ2) is 4.85. The molecule has 0 spiro atoms. The SMILES string of the molecule is C[Si](C)(C)[Si](C)(C)C(Cl)c1cccc(Cl)c1. The van der Waals surface area contributed by atoms with Gasteiger partial charge in [0, 0.05) is 17.6 Å². The van der Waals surface area contributed by atoms with Crippen LogP contribution in [0.3, 0.4) is 0 Å². The van der Waals surface area contributed by atoms with Crippen molar-refractivity contribution >= 4 is 38.4 Å². The summed E-state index contributed by atoms with van der Waals surface area (Å²) in [6.07, 6.45) is 0. The van der Waals surface area contributed by atoms with Crippen LogP contribution in [0.4, 0.5) is 0 Å². The number of hydrogen-bond donors (Lipinski definition) is 0. The third-order valence-electron chi connectivity index (χ3n) is 3.71. The lowest BCUT2D eigenvalue weighted by molar-refractivity contribution is 1.28. The van der Waals surface area contributed by atoms with E-state index in [-0.39, 0.29) is 5.00 Å². The van der Waals surface area contributed by atoms with E-state index < -0.39 is 15.2 Å². The van der Waals surface area contributed by atoms with Crippen LogP contribution in [0, 0.1) is 0 Å². The van der Waals surface area contributed by atoms with Gasteiger partial charge in [0.25, 0.3) is 0 Å². The standard InChI is InChI=1S/C12H20Cl2Si2/c1-15(2,3)16(4,5)12(14)10-7-6-8-11(13)9-10/h6-9,12H,1-5H3. The first-order valence-electron chi connectivity index (χ1n) is 5.56. The summed E-state index contributed by atoms with van der Waals surface area (Å²) in [5.74, 6) is 0. The molecule has 1 atom stereocenters. The number of rotatable bonds is 3. The van der Waals surface area contributed by atoms with Crippen LogP contribution < -0.4 is 0 Å². The van der Waals surface area contributed by atoms with Crippen LogP contribution in [-0.4, -0.2) is 15.2 Å². The van der Waals surface area contributed by atoms with Gasteiger partial charge in [-0.3, -0.25) is 0 Å². The summed E-state index contributed by atoms with van der Waals surface area (Å²) in [5.41, 5.74) is 1.19. The summed E-state index contributed by atoms with van der Waals surface area (Å²) in [5, 5.41) is 0.946. The summed E-state index contributed by atoms with van der Waals surface area (Å²) < 4.78 is 0. The molecule has 0 aliphatic heterocycles. The monoisotopic (exact) mass is 290 g/mol. The third-order valence-corrected chi connectivity index (χ3v) is 24.3. The van der Waals surface area contributed by atoms with E-state index in [1.165, 1.54) is 5.56 Å². The molecular weight excluding hydrogens is 271 g/mol. The van der Waals surface area contributed by atoms with Crippen molar-refractivity contribution in [3.63, 3.8) is 0 Å². The first kappa shape index (κ1) is 14.3. The number of alkyl halides is 1. The van der Waals surface area contributed by atoms with Gasteiger partial charge in [-0.25, -0.2) is 0 Å². The maximum atomic E-state index is 6.69. The summed E-state index contributed by atoms with van der Waals surface area (Å²) in [7, 11) is -2.61. The molecule has 0 bridgehead atoms.